The molecule has 0 unspecified atom stereocenters. The second-order valence-corrected chi connectivity index (χ2v) is 2.12. The number of rotatable bonds is 1. The normalized spacial score (nSPS) is 9.00. The molecule has 3 heteroatoms. The third-order valence-electron chi connectivity index (χ3n) is 0.996. The first-order valence-corrected chi connectivity index (χ1v) is 3.34. The van der Waals surface area contributed by atoms with Gasteiger partial charge in [-0.05, 0) is 18.2 Å². The van der Waals surface area contributed by atoms with E-state index in [-0.39, 0.29) is 0 Å². The quantitative estimate of drug-likeness (QED) is 0.521. The monoisotopic (exact) mass is 186 g/mol. The summed E-state index contributed by atoms with van der Waals surface area (Å²) >= 11 is 3.09. The van der Waals surface area contributed by atoms with Crippen LogP contribution >= 0.6 is 16.1 Å². The molecule has 0 saturated carbocycles. The number of benzene rings is 1. The van der Waals surface area contributed by atoms with E-state index in [2.05, 4.69) is 20.5 Å². The van der Waals surface area contributed by atoms with Crippen molar-refractivity contribution in [2.45, 2.75) is 0 Å². The summed E-state index contributed by atoms with van der Waals surface area (Å²) in [6.45, 7) is 0. The predicted molar refractivity (Wildman–Crippen MR) is 43.4 cm³/mol. The van der Waals surface area contributed by atoms with Crippen LogP contribution in [0.3, 0.4) is 0 Å². The van der Waals surface area contributed by atoms with Crippen molar-refractivity contribution in [1.29, 1.82) is 0 Å². The maximum atomic E-state index is 5.47. The lowest BCUT2D eigenvalue weighted by Gasteiger charge is -1.96. The fraction of sp³-hybridized carbons (Fsp3) is 0. The van der Waals surface area contributed by atoms with Crippen molar-refractivity contribution in [2.24, 2.45) is 0 Å². The van der Waals surface area contributed by atoms with Gasteiger partial charge in [0.15, 0.2) is 0 Å². The smallest absolute Gasteiger partial charge is 0.0465 e. The Kier molecular flexibility index (Phi) is 1.95. The zero-order valence-electron chi connectivity index (χ0n) is 4.76. The first kappa shape index (κ1) is 6.42. The van der Waals surface area contributed by atoms with Gasteiger partial charge in [0.25, 0.3) is 0 Å². The number of anilines is 2. The second-order valence-electron chi connectivity index (χ2n) is 1.72. The average molecular weight is 187 g/mol. The van der Waals surface area contributed by atoms with Crippen LogP contribution in [-0.4, -0.2) is 0 Å². The lowest BCUT2D eigenvalue weighted by Crippen LogP contribution is -1.84. The minimum absolute atomic E-state index is 0.763. The summed E-state index contributed by atoms with van der Waals surface area (Å²) in [6, 6.07) is 7.49. The lowest BCUT2D eigenvalue weighted by molar-refractivity contribution is 1.67. The molecular formula is C6H7BrN2. The molecule has 1 aromatic rings. The van der Waals surface area contributed by atoms with Crippen LogP contribution in [0, 0.1) is 0 Å². The van der Waals surface area contributed by atoms with Gasteiger partial charge < -0.3 is 10.1 Å². The minimum Gasteiger partial charge on any atom is -0.399 e. The zero-order chi connectivity index (χ0) is 6.69. The Bertz CT molecular complexity index is 200. The Hall–Kier alpha value is -0.700. The topological polar surface area (TPSA) is 38.0 Å². The second kappa shape index (κ2) is 2.73. The summed E-state index contributed by atoms with van der Waals surface area (Å²) in [5.41, 5.74) is 7.20. The summed E-state index contributed by atoms with van der Waals surface area (Å²) in [4.78, 5) is 0. The van der Waals surface area contributed by atoms with E-state index in [4.69, 9.17) is 5.73 Å². The highest BCUT2D eigenvalue weighted by molar-refractivity contribution is 9.10. The van der Waals surface area contributed by atoms with Gasteiger partial charge in [0.2, 0.25) is 0 Å². The summed E-state index contributed by atoms with van der Waals surface area (Å²) in [7, 11) is 0. The molecular weight excluding hydrogens is 180 g/mol. The average Bonchev–Trinajstić information content (AvgIpc) is 1.88. The van der Waals surface area contributed by atoms with Crippen LogP contribution in [0.1, 0.15) is 0 Å². The molecule has 9 heavy (non-hydrogen) atoms. The molecule has 1 rings (SSSR count). The van der Waals surface area contributed by atoms with Crippen molar-refractivity contribution in [3.63, 3.8) is 0 Å². The van der Waals surface area contributed by atoms with Crippen molar-refractivity contribution < 1.29 is 0 Å². The summed E-state index contributed by atoms with van der Waals surface area (Å²) in [5, 5.41) is 0. The summed E-state index contributed by atoms with van der Waals surface area (Å²) in [5.74, 6) is 0. The van der Waals surface area contributed by atoms with Gasteiger partial charge in [-0.1, -0.05) is 6.07 Å². The molecule has 2 nitrogen and oxygen atoms in total. The van der Waals surface area contributed by atoms with E-state index in [9.17, 15) is 0 Å². The van der Waals surface area contributed by atoms with Crippen LogP contribution in [0.2, 0.25) is 0 Å². The Morgan fingerprint density at radius 1 is 1.44 bits per heavy atom. The molecule has 0 amide bonds. The Labute approximate surface area is 62.4 Å². The minimum atomic E-state index is 0.763. The van der Waals surface area contributed by atoms with Gasteiger partial charge in [0, 0.05) is 27.5 Å². The van der Waals surface area contributed by atoms with E-state index < -0.39 is 0 Å². The largest absolute Gasteiger partial charge is 0.399 e. The van der Waals surface area contributed by atoms with Gasteiger partial charge >= 0.3 is 0 Å². The molecule has 1 aromatic carbocycles. The molecule has 0 radical (unpaired) electrons. The molecule has 0 aliphatic carbocycles. The standard InChI is InChI=1S/C6H7BrN2/c7-9-6-3-1-2-5(8)4-6/h1-4,9H,8H2. The molecule has 0 atom stereocenters. The molecule has 0 aliphatic heterocycles. The Balaban J connectivity index is 2.94. The van der Waals surface area contributed by atoms with Gasteiger partial charge in [0.1, 0.15) is 0 Å². The maximum absolute atomic E-state index is 5.47. The number of nitrogens with two attached hydrogens (primary N) is 1. The van der Waals surface area contributed by atoms with Gasteiger partial charge in [-0.15, -0.1) is 0 Å². The van der Waals surface area contributed by atoms with Gasteiger partial charge in [0.05, 0.1) is 0 Å². The third-order valence-corrected chi connectivity index (χ3v) is 1.45. The molecule has 0 bridgehead atoms. The van der Waals surface area contributed by atoms with Crippen molar-refractivity contribution >= 4 is 27.5 Å². The van der Waals surface area contributed by atoms with Crippen LogP contribution in [0.5, 0.6) is 0 Å². The fourth-order valence-corrected chi connectivity index (χ4v) is 0.844. The third kappa shape index (κ3) is 1.61. The van der Waals surface area contributed by atoms with Crippen molar-refractivity contribution in [3.05, 3.63) is 24.3 Å². The van der Waals surface area contributed by atoms with E-state index in [0.717, 1.165) is 11.4 Å². The summed E-state index contributed by atoms with van der Waals surface area (Å²) < 4.78 is 2.80. The molecule has 0 aromatic heterocycles. The molecule has 0 spiro atoms. The van der Waals surface area contributed by atoms with Crippen LogP contribution in [0.4, 0.5) is 11.4 Å². The maximum Gasteiger partial charge on any atom is 0.0465 e. The van der Waals surface area contributed by atoms with Crippen LogP contribution in [-0.2, 0) is 0 Å². The Morgan fingerprint density at radius 2 is 2.22 bits per heavy atom. The molecule has 0 saturated heterocycles. The number of nitrogens with one attached hydrogen (secondary N) is 1. The molecule has 48 valence electrons. The van der Waals surface area contributed by atoms with Crippen LogP contribution in [0.15, 0.2) is 24.3 Å². The molecule has 0 heterocycles. The predicted octanol–water partition coefficient (Wildman–Crippen LogP) is 1.99. The van der Waals surface area contributed by atoms with Crippen molar-refractivity contribution in [2.75, 3.05) is 10.1 Å². The van der Waals surface area contributed by atoms with Gasteiger partial charge in [-0.25, -0.2) is 0 Å². The molecule has 0 fully saturated rings. The highest BCUT2D eigenvalue weighted by atomic mass is 79.9. The highest BCUT2D eigenvalue weighted by Crippen LogP contribution is 2.12. The van der Waals surface area contributed by atoms with E-state index in [1.54, 1.807) is 0 Å². The van der Waals surface area contributed by atoms with E-state index in [1.165, 1.54) is 0 Å². The number of halogens is 1. The molecule has 0 aliphatic rings. The van der Waals surface area contributed by atoms with E-state index in [0.29, 0.717) is 0 Å². The van der Waals surface area contributed by atoms with Gasteiger partial charge in [-0.3, -0.25) is 0 Å². The Morgan fingerprint density at radius 3 is 2.67 bits per heavy atom. The fourth-order valence-electron chi connectivity index (χ4n) is 0.597. The number of hydrogen-bond donors (Lipinski definition) is 2. The molecule has 3 N–H and O–H groups in total. The van der Waals surface area contributed by atoms with E-state index >= 15 is 0 Å². The zero-order valence-corrected chi connectivity index (χ0v) is 6.35. The van der Waals surface area contributed by atoms with Crippen LogP contribution in [0.25, 0.3) is 0 Å². The van der Waals surface area contributed by atoms with Crippen molar-refractivity contribution in [3.8, 4) is 0 Å². The van der Waals surface area contributed by atoms with Gasteiger partial charge in [-0.2, -0.15) is 0 Å². The lowest BCUT2D eigenvalue weighted by atomic mass is 10.3. The number of hydrogen-bond acceptors (Lipinski definition) is 2. The first-order chi connectivity index (χ1) is 4.33. The summed E-state index contributed by atoms with van der Waals surface area (Å²) in [6.07, 6.45) is 0. The SMILES string of the molecule is Nc1cccc(NBr)c1. The van der Waals surface area contributed by atoms with Crippen molar-refractivity contribution in [1.82, 2.24) is 0 Å². The van der Waals surface area contributed by atoms with Crippen LogP contribution < -0.4 is 10.1 Å². The van der Waals surface area contributed by atoms with E-state index in [1.807, 2.05) is 24.3 Å². The number of nitrogen functional groups attached to an aromatic ring is 1. The highest BCUT2D eigenvalue weighted by Gasteiger charge is 1.86. The first-order valence-electron chi connectivity index (χ1n) is 2.55.